The lowest BCUT2D eigenvalue weighted by atomic mass is 10.1. The van der Waals surface area contributed by atoms with Crippen LogP contribution in [-0.2, 0) is 0 Å². The summed E-state index contributed by atoms with van der Waals surface area (Å²) in [6, 6.07) is 9.19. The summed E-state index contributed by atoms with van der Waals surface area (Å²) in [6.07, 6.45) is 0. The second-order valence-electron chi connectivity index (χ2n) is 3.15. The second kappa shape index (κ2) is 3.35. The van der Waals surface area contributed by atoms with Gasteiger partial charge in [0.15, 0.2) is 0 Å². The fourth-order valence-electron chi connectivity index (χ4n) is 1.39. The summed E-state index contributed by atoms with van der Waals surface area (Å²) >= 11 is 1.63. The molecule has 2 nitrogen and oxygen atoms in total. The van der Waals surface area contributed by atoms with E-state index < -0.39 is 0 Å². The molecule has 72 valence electrons. The maximum Gasteiger partial charge on any atom is 0.126 e. The standard InChI is InChI=1S/C11H11NOS/c1-7-5-6-10(14-7)11-8(12)3-2-4-9(11)13/h2-6,13H,12H2,1H3. The van der Waals surface area contributed by atoms with E-state index in [0.29, 0.717) is 5.69 Å². The normalized spacial score (nSPS) is 10.4. The van der Waals surface area contributed by atoms with E-state index in [1.807, 2.05) is 19.1 Å². The molecule has 0 radical (unpaired) electrons. The molecular formula is C11H11NOS. The molecular weight excluding hydrogens is 194 g/mol. The highest BCUT2D eigenvalue weighted by molar-refractivity contribution is 7.15. The Bertz CT molecular complexity index is 442. The van der Waals surface area contributed by atoms with Crippen LogP contribution in [0.25, 0.3) is 10.4 Å². The molecule has 2 rings (SSSR count). The molecule has 0 aliphatic heterocycles. The van der Waals surface area contributed by atoms with Crippen molar-refractivity contribution in [3.05, 3.63) is 35.2 Å². The Morgan fingerprint density at radius 2 is 2.00 bits per heavy atom. The lowest BCUT2D eigenvalue weighted by Crippen LogP contribution is -1.88. The number of nitrogens with two attached hydrogens (primary N) is 1. The summed E-state index contributed by atoms with van der Waals surface area (Å²) in [6.45, 7) is 2.03. The average molecular weight is 205 g/mol. The lowest BCUT2D eigenvalue weighted by molar-refractivity contribution is 0.478. The fourth-order valence-corrected chi connectivity index (χ4v) is 2.34. The van der Waals surface area contributed by atoms with Gasteiger partial charge < -0.3 is 10.8 Å². The zero-order valence-corrected chi connectivity index (χ0v) is 8.64. The number of anilines is 1. The van der Waals surface area contributed by atoms with E-state index in [1.54, 1.807) is 29.5 Å². The lowest BCUT2D eigenvalue weighted by Gasteiger charge is -2.04. The Labute approximate surface area is 86.6 Å². The Hall–Kier alpha value is -1.48. The SMILES string of the molecule is Cc1ccc(-c2c(N)cccc2O)s1. The van der Waals surface area contributed by atoms with Gasteiger partial charge in [0.05, 0.1) is 5.56 Å². The number of hydrogen-bond donors (Lipinski definition) is 2. The third kappa shape index (κ3) is 1.46. The number of aromatic hydroxyl groups is 1. The van der Waals surface area contributed by atoms with E-state index in [4.69, 9.17) is 5.73 Å². The monoisotopic (exact) mass is 205 g/mol. The smallest absolute Gasteiger partial charge is 0.126 e. The van der Waals surface area contributed by atoms with Gasteiger partial charge in [-0.2, -0.15) is 0 Å². The zero-order chi connectivity index (χ0) is 10.1. The highest BCUT2D eigenvalue weighted by Gasteiger charge is 2.09. The van der Waals surface area contributed by atoms with Crippen LogP contribution in [0.1, 0.15) is 4.88 Å². The van der Waals surface area contributed by atoms with Crippen molar-refractivity contribution in [3.8, 4) is 16.2 Å². The molecule has 1 heterocycles. The topological polar surface area (TPSA) is 46.2 Å². The molecule has 0 unspecified atom stereocenters. The van der Waals surface area contributed by atoms with Crippen molar-refractivity contribution in [2.24, 2.45) is 0 Å². The van der Waals surface area contributed by atoms with Gasteiger partial charge in [-0.05, 0) is 31.2 Å². The number of nitrogen functional groups attached to an aromatic ring is 1. The van der Waals surface area contributed by atoms with E-state index >= 15 is 0 Å². The van der Waals surface area contributed by atoms with Crippen LogP contribution in [0.3, 0.4) is 0 Å². The summed E-state index contributed by atoms with van der Waals surface area (Å²) in [5.74, 6) is 0.242. The number of hydrogen-bond acceptors (Lipinski definition) is 3. The molecule has 1 aromatic carbocycles. The van der Waals surface area contributed by atoms with Crippen molar-refractivity contribution in [1.29, 1.82) is 0 Å². The van der Waals surface area contributed by atoms with Crippen LogP contribution in [0.5, 0.6) is 5.75 Å². The van der Waals surface area contributed by atoms with Crippen LogP contribution in [-0.4, -0.2) is 5.11 Å². The van der Waals surface area contributed by atoms with Gasteiger partial charge in [0.2, 0.25) is 0 Å². The molecule has 0 amide bonds. The molecule has 14 heavy (non-hydrogen) atoms. The average Bonchev–Trinajstić information content (AvgIpc) is 2.51. The van der Waals surface area contributed by atoms with Crippen molar-refractivity contribution in [1.82, 2.24) is 0 Å². The minimum Gasteiger partial charge on any atom is -0.507 e. The maximum absolute atomic E-state index is 9.68. The van der Waals surface area contributed by atoms with Gasteiger partial charge >= 0.3 is 0 Å². The fraction of sp³-hybridized carbons (Fsp3) is 0.0909. The molecule has 0 fully saturated rings. The Kier molecular flexibility index (Phi) is 2.17. The molecule has 0 aliphatic carbocycles. The molecule has 1 aromatic heterocycles. The first-order valence-electron chi connectivity index (χ1n) is 4.33. The molecule has 0 saturated heterocycles. The number of benzene rings is 1. The largest absolute Gasteiger partial charge is 0.507 e. The van der Waals surface area contributed by atoms with Crippen molar-refractivity contribution in [3.63, 3.8) is 0 Å². The molecule has 0 aliphatic rings. The molecule has 2 aromatic rings. The van der Waals surface area contributed by atoms with Gasteiger partial charge in [-0.3, -0.25) is 0 Å². The molecule has 0 spiro atoms. The number of aryl methyl sites for hydroxylation is 1. The predicted molar refractivity (Wildman–Crippen MR) is 60.6 cm³/mol. The van der Waals surface area contributed by atoms with E-state index in [0.717, 1.165) is 10.4 Å². The first-order chi connectivity index (χ1) is 6.68. The molecule has 0 saturated carbocycles. The van der Waals surface area contributed by atoms with Gasteiger partial charge in [-0.1, -0.05) is 6.07 Å². The van der Waals surface area contributed by atoms with Crippen LogP contribution in [0, 0.1) is 6.92 Å². The Balaban J connectivity index is 2.61. The summed E-state index contributed by atoms with van der Waals surface area (Å²) in [5, 5.41) is 9.68. The van der Waals surface area contributed by atoms with Gasteiger partial charge in [0.25, 0.3) is 0 Å². The molecule has 3 N–H and O–H groups in total. The zero-order valence-electron chi connectivity index (χ0n) is 7.82. The van der Waals surface area contributed by atoms with Crippen molar-refractivity contribution in [2.45, 2.75) is 6.92 Å². The van der Waals surface area contributed by atoms with Crippen LogP contribution < -0.4 is 5.73 Å². The van der Waals surface area contributed by atoms with Crippen molar-refractivity contribution >= 4 is 17.0 Å². The van der Waals surface area contributed by atoms with Gasteiger partial charge in [0, 0.05) is 15.4 Å². The van der Waals surface area contributed by atoms with E-state index in [-0.39, 0.29) is 5.75 Å². The summed E-state index contributed by atoms with van der Waals surface area (Å²) in [7, 11) is 0. The number of thiophene rings is 1. The van der Waals surface area contributed by atoms with Crippen molar-refractivity contribution < 1.29 is 5.11 Å². The van der Waals surface area contributed by atoms with Crippen LogP contribution in [0.15, 0.2) is 30.3 Å². The third-order valence-corrected chi connectivity index (χ3v) is 3.08. The highest BCUT2D eigenvalue weighted by Crippen LogP contribution is 2.38. The second-order valence-corrected chi connectivity index (χ2v) is 4.44. The minimum absolute atomic E-state index is 0.242. The summed E-state index contributed by atoms with van der Waals surface area (Å²) < 4.78 is 0. The quantitative estimate of drug-likeness (QED) is 0.703. The van der Waals surface area contributed by atoms with Crippen LogP contribution in [0.2, 0.25) is 0 Å². The van der Waals surface area contributed by atoms with E-state index in [9.17, 15) is 5.11 Å². The third-order valence-electron chi connectivity index (χ3n) is 2.06. The van der Waals surface area contributed by atoms with Gasteiger partial charge in [-0.25, -0.2) is 0 Å². The van der Waals surface area contributed by atoms with E-state index in [1.165, 1.54) is 4.88 Å². The Morgan fingerprint density at radius 1 is 1.21 bits per heavy atom. The summed E-state index contributed by atoms with van der Waals surface area (Å²) in [4.78, 5) is 2.22. The minimum atomic E-state index is 0.242. The molecule has 3 heteroatoms. The number of rotatable bonds is 1. The van der Waals surface area contributed by atoms with Gasteiger partial charge in [-0.15, -0.1) is 11.3 Å². The number of phenolic OH excluding ortho intramolecular Hbond substituents is 1. The number of phenols is 1. The van der Waals surface area contributed by atoms with Crippen LogP contribution >= 0.6 is 11.3 Å². The summed E-state index contributed by atoms with van der Waals surface area (Å²) in [5.41, 5.74) is 7.17. The van der Waals surface area contributed by atoms with Crippen molar-refractivity contribution in [2.75, 3.05) is 5.73 Å². The maximum atomic E-state index is 9.68. The predicted octanol–water partition coefficient (Wildman–Crippen LogP) is 3.01. The molecule has 0 bridgehead atoms. The first kappa shape index (κ1) is 9.09. The van der Waals surface area contributed by atoms with Gasteiger partial charge in [0.1, 0.15) is 5.75 Å². The first-order valence-corrected chi connectivity index (χ1v) is 5.14. The van der Waals surface area contributed by atoms with Crippen LogP contribution in [0.4, 0.5) is 5.69 Å². The van der Waals surface area contributed by atoms with E-state index in [2.05, 4.69) is 0 Å². The molecule has 0 atom stereocenters. The highest BCUT2D eigenvalue weighted by atomic mass is 32.1. The Morgan fingerprint density at radius 3 is 2.57 bits per heavy atom.